The lowest BCUT2D eigenvalue weighted by atomic mass is 9.94. The molecule has 3 heteroatoms. The van der Waals surface area contributed by atoms with Crippen LogP contribution >= 0.6 is 0 Å². The molecule has 1 aliphatic heterocycles. The lowest BCUT2D eigenvalue weighted by Crippen LogP contribution is -2.45. The summed E-state index contributed by atoms with van der Waals surface area (Å²) in [6, 6.07) is 0.688. The van der Waals surface area contributed by atoms with E-state index in [1.165, 1.54) is 25.8 Å². The van der Waals surface area contributed by atoms with Crippen molar-refractivity contribution in [2.45, 2.75) is 39.2 Å². The summed E-state index contributed by atoms with van der Waals surface area (Å²) in [5, 5.41) is 12.6. The zero-order valence-corrected chi connectivity index (χ0v) is 10.4. The molecule has 0 aromatic carbocycles. The number of piperidine rings is 1. The maximum Gasteiger partial charge on any atom is 0.0494 e. The molecule has 0 radical (unpaired) electrons. The van der Waals surface area contributed by atoms with E-state index < -0.39 is 0 Å². The van der Waals surface area contributed by atoms with E-state index in [0.29, 0.717) is 6.04 Å². The van der Waals surface area contributed by atoms with Crippen molar-refractivity contribution >= 4 is 0 Å². The van der Waals surface area contributed by atoms with Crippen LogP contribution in [0.2, 0.25) is 0 Å². The fourth-order valence-electron chi connectivity index (χ4n) is 2.04. The van der Waals surface area contributed by atoms with E-state index in [1.807, 2.05) is 0 Å². The topological polar surface area (TPSA) is 35.5 Å². The van der Waals surface area contributed by atoms with Gasteiger partial charge in [-0.1, -0.05) is 20.3 Å². The molecule has 1 unspecified atom stereocenters. The average molecular weight is 214 g/mol. The number of likely N-dealkylation sites (N-methyl/N-ethyl adjacent to an activating group) is 1. The number of likely N-dealkylation sites (tertiary alicyclic amines) is 1. The lowest BCUT2D eigenvalue weighted by molar-refractivity contribution is 0.143. The molecule has 1 aliphatic rings. The monoisotopic (exact) mass is 214 g/mol. The van der Waals surface area contributed by atoms with Crippen LogP contribution < -0.4 is 5.32 Å². The summed E-state index contributed by atoms with van der Waals surface area (Å²) in [5.74, 6) is 0. The standard InChI is InChI=1S/C12H26N2O/c1-12(2,10-15)9-13-8-11-6-4-5-7-14(11)3/h11,13,15H,4-10H2,1-3H3. The molecular weight excluding hydrogens is 188 g/mol. The Labute approximate surface area is 93.9 Å². The molecule has 90 valence electrons. The molecule has 0 saturated carbocycles. The largest absolute Gasteiger partial charge is 0.396 e. The summed E-state index contributed by atoms with van der Waals surface area (Å²) in [6.07, 6.45) is 4.01. The molecule has 0 aliphatic carbocycles. The third kappa shape index (κ3) is 4.49. The van der Waals surface area contributed by atoms with Crippen LogP contribution in [0, 0.1) is 5.41 Å². The number of nitrogens with one attached hydrogen (secondary N) is 1. The molecule has 1 fully saturated rings. The normalized spacial score (nSPS) is 24.4. The Bertz CT molecular complexity index is 182. The number of rotatable bonds is 5. The summed E-state index contributed by atoms with van der Waals surface area (Å²) < 4.78 is 0. The highest BCUT2D eigenvalue weighted by Gasteiger charge is 2.20. The van der Waals surface area contributed by atoms with Gasteiger partial charge in [-0.15, -0.1) is 0 Å². The van der Waals surface area contributed by atoms with Crippen LogP contribution in [0.3, 0.4) is 0 Å². The molecule has 0 bridgehead atoms. The zero-order chi connectivity index (χ0) is 11.3. The molecule has 1 heterocycles. The van der Waals surface area contributed by atoms with Crippen LogP contribution in [0.25, 0.3) is 0 Å². The van der Waals surface area contributed by atoms with E-state index in [9.17, 15) is 0 Å². The Morgan fingerprint density at radius 2 is 2.13 bits per heavy atom. The summed E-state index contributed by atoms with van der Waals surface area (Å²) >= 11 is 0. The first-order chi connectivity index (χ1) is 7.05. The average Bonchev–Trinajstić information content (AvgIpc) is 2.21. The van der Waals surface area contributed by atoms with E-state index >= 15 is 0 Å². The predicted octanol–water partition coefficient (Wildman–Crippen LogP) is 1.08. The van der Waals surface area contributed by atoms with Gasteiger partial charge in [0, 0.05) is 31.2 Å². The first kappa shape index (κ1) is 12.9. The van der Waals surface area contributed by atoms with Crippen molar-refractivity contribution in [3.63, 3.8) is 0 Å². The van der Waals surface area contributed by atoms with E-state index in [1.54, 1.807) is 0 Å². The number of hydrogen-bond acceptors (Lipinski definition) is 3. The zero-order valence-electron chi connectivity index (χ0n) is 10.4. The third-order valence-corrected chi connectivity index (χ3v) is 3.33. The molecule has 2 N–H and O–H groups in total. The van der Waals surface area contributed by atoms with Crippen molar-refractivity contribution in [2.75, 3.05) is 33.3 Å². The van der Waals surface area contributed by atoms with Crippen LogP contribution in [-0.4, -0.2) is 49.3 Å². The fourth-order valence-corrected chi connectivity index (χ4v) is 2.04. The molecule has 0 spiro atoms. The van der Waals surface area contributed by atoms with Crippen molar-refractivity contribution in [1.82, 2.24) is 10.2 Å². The molecule has 1 saturated heterocycles. The van der Waals surface area contributed by atoms with Crippen LogP contribution in [0.4, 0.5) is 0 Å². The number of aliphatic hydroxyl groups is 1. The minimum Gasteiger partial charge on any atom is -0.396 e. The van der Waals surface area contributed by atoms with Crippen molar-refractivity contribution < 1.29 is 5.11 Å². The maximum absolute atomic E-state index is 9.13. The van der Waals surface area contributed by atoms with Crippen molar-refractivity contribution in [3.8, 4) is 0 Å². The van der Waals surface area contributed by atoms with E-state index in [4.69, 9.17) is 5.11 Å². The van der Waals surface area contributed by atoms with Gasteiger partial charge < -0.3 is 15.3 Å². The molecular formula is C12H26N2O. The highest BCUT2D eigenvalue weighted by molar-refractivity contribution is 4.78. The highest BCUT2D eigenvalue weighted by Crippen LogP contribution is 2.15. The van der Waals surface area contributed by atoms with Gasteiger partial charge in [0.1, 0.15) is 0 Å². The molecule has 0 aromatic heterocycles. The Morgan fingerprint density at radius 3 is 2.73 bits per heavy atom. The molecule has 1 atom stereocenters. The second kappa shape index (κ2) is 5.83. The van der Waals surface area contributed by atoms with Gasteiger partial charge in [-0.05, 0) is 26.4 Å². The van der Waals surface area contributed by atoms with Crippen LogP contribution in [0.5, 0.6) is 0 Å². The smallest absolute Gasteiger partial charge is 0.0494 e. The van der Waals surface area contributed by atoms with Gasteiger partial charge in [-0.3, -0.25) is 0 Å². The maximum atomic E-state index is 9.13. The van der Waals surface area contributed by atoms with E-state index in [-0.39, 0.29) is 12.0 Å². The Hall–Kier alpha value is -0.120. The molecule has 0 aromatic rings. The van der Waals surface area contributed by atoms with Gasteiger partial charge in [-0.25, -0.2) is 0 Å². The minimum absolute atomic E-state index is 0.00718. The summed E-state index contributed by atoms with van der Waals surface area (Å²) in [4.78, 5) is 2.45. The lowest BCUT2D eigenvalue weighted by Gasteiger charge is -2.33. The first-order valence-corrected chi connectivity index (χ1v) is 6.07. The van der Waals surface area contributed by atoms with Gasteiger partial charge in [0.15, 0.2) is 0 Å². The number of hydrogen-bond donors (Lipinski definition) is 2. The van der Waals surface area contributed by atoms with Gasteiger partial charge in [-0.2, -0.15) is 0 Å². The van der Waals surface area contributed by atoms with Crippen molar-refractivity contribution in [2.24, 2.45) is 5.41 Å². The van der Waals surface area contributed by atoms with Crippen LogP contribution in [-0.2, 0) is 0 Å². The highest BCUT2D eigenvalue weighted by atomic mass is 16.3. The summed E-state index contributed by atoms with van der Waals surface area (Å²) in [7, 11) is 2.21. The SMILES string of the molecule is CN1CCCCC1CNCC(C)(C)CO. The molecule has 1 rings (SSSR count). The quantitative estimate of drug-likeness (QED) is 0.719. The van der Waals surface area contributed by atoms with Crippen LogP contribution in [0.1, 0.15) is 33.1 Å². The van der Waals surface area contributed by atoms with Gasteiger partial charge in [0.05, 0.1) is 0 Å². The van der Waals surface area contributed by atoms with Gasteiger partial charge >= 0.3 is 0 Å². The van der Waals surface area contributed by atoms with Crippen LogP contribution in [0.15, 0.2) is 0 Å². The molecule has 3 nitrogen and oxygen atoms in total. The van der Waals surface area contributed by atoms with Crippen molar-refractivity contribution in [3.05, 3.63) is 0 Å². The second-order valence-corrected chi connectivity index (χ2v) is 5.58. The summed E-state index contributed by atoms with van der Waals surface area (Å²) in [6.45, 7) is 7.61. The van der Waals surface area contributed by atoms with E-state index in [2.05, 4.69) is 31.1 Å². The minimum atomic E-state index is 0.00718. The third-order valence-electron chi connectivity index (χ3n) is 3.33. The summed E-state index contributed by atoms with van der Waals surface area (Å²) in [5.41, 5.74) is 0.00718. The molecule has 15 heavy (non-hydrogen) atoms. The van der Waals surface area contributed by atoms with Gasteiger partial charge in [0.2, 0.25) is 0 Å². The Balaban J connectivity index is 2.19. The fraction of sp³-hybridized carbons (Fsp3) is 1.00. The number of aliphatic hydroxyl groups excluding tert-OH is 1. The Morgan fingerprint density at radius 1 is 1.40 bits per heavy atom. The first-order valence-electron chi connectivity index (χ1n) is 6.07. The second-order valence-electron chi connectivity index (χ2n) is 5.58. The van der Waals surface area contributed by atoms with Gasteiger partial charge in [0.25, 0.3) is 0 Å². The molecule has 0 amide bonds. The van der Waals surface area contributed by atoms with Crippen molar-refractivity contribution in [1.29, 1.82) is 0 Å². The predicted molar refractivity (Wildman–Crippen MR) is 64.0 cm³/mol. The van der Waals surface area contributed by atoms with E-state index in [0.717, 1.165) is 13.1 Å². The number of nitrogens with zero attached hydrogens (tertiary/aromatic N) is 1. The Kier molecular flexibility index (Phi) is 5.03.